The number of ketones is 2. The third kappa shape index (κ3) is 13.0. The highest BCUT2D eigenvalue weighted by atomic mass is 31.2. The number of aliphatic hydroxyl groups is 2. The summed E-state index contributed by atoms with van der Waals surface area (Å²) in [6, 6.07) is 15.2. The van der Waals surface area contributed by atoms with Crippen molar-refractivity contribution in [2.45, 2.75) is 167 Å². The van der Waals surface area contributed by atoms with E-state index in [1.807, 2.05) is 26.0 Å². The number of carbonyl (C=O) groups is 3. The molecule has 10 atom stereocenters. The number of hydrogen-bond acceptors (Lipinski definition) is 12. The van der Waals surface area contributed by atoms with Gasteiger partial charge in [-0.15, -0.1) is 0 Å². The first-order chi connectivity index (χ1) is 35.9. The Morgan fingerprint density at radius 3 is 2.41 bits per heavy atom. The highest BCUT2D eigenvalue weighted by molar-refractivity contribution is 7.46. The molecule has 0 unspecified atom stereocenters. The number of fused-ring (bicyclic) bond motifs is 7. The Morgan fingerprint density at radius 1 is 0.947 bits per heavy atom. The Kier molecular flexibility index (Phi) is 19.2. The van der Waals surface area contributed by atoms with Crippen LogP contribution in [0, 0.1) is 34.5 Å². The standard InChI is InChI=1S/C59H85N2O13P/c1-5-61(6-2,38-44-33-43(24-27-51(44)74-75(67,68)69)50(64)37-60-30-16-7-8-17-31-70-32-18-15-21-41-19-11-9-12-20-41)39-54(66)71-40-52(65)59-53(72-56(73-59)42-22-13-10-14-23-42)35-48-47-26-25-45-34-46(62)28-29-57(45,3)55(47)49(63)36-58(48,59)4/h9,11-12,19-20,24,27-29,33-34,42,47-50,53,55-56,60,63-64H,5-8,10,13-18,21-23,25-26,30-32,35-40H2,1-4H3,(H-,67,68,69)/p+1/t47-,48-,49-,50+,53+,55+,56+,57-,58-,59+/m0/s1. The van der Waals surface area contributed by atoms with Crippen LogP contribution in [0.3, 0.4) is 0 Å². The third-order valence-electron chi connectivity index (χ3n) is 18.6. The van der Waals surface area contributed by atoms with Crippen LogP contribution in [0.1, 0.15) is 147 Å². The molecule has 75 heavy (non-hydrogen) atoms. The predicted octanol–water partition coefficient (Wildman–Crippen LogP) is 8.80. The fraction of sp³-hybridized carbons (Fsp3) is 0.678. The Hall–Kier alpha value is -3.60. The van der Waals surface area contributed by atoms with Gasteiger partial charge in [-0.05, 0) is 138 Å². The Morgan fingerprint density at radius 2 is 1.68 bits per heavy atom. The normalized spacial score (nSPS) is 30.0. The van der Waals surface area contributed by atoms with Gasteiger partial charge < -0.3 is 43.5 Å². The Balaban J connectivity index is 0.879. The van der Waals surface area contributed by atoms with E-state index in [0.717, 1.165) is 109 Å². The lowest BCUT2D eigenvalue weighted by molar-refractivity contribution is -0.931. The van der Waals surface area contributed by atoms with Crippen LogP contribution in [0.5, 0.6) is 5.75 Å². The van der Waals surface area contributed by atoms with Crippen LogP contribution in [-0.2, 0) is 50.9 Å². The van der Waals surface area contributed by atoms with Crippen LogP contribution < -0.4 is 9.84 Å². The molecule has 2 aromatic rings. The van der Waals surface area contributed by atoms with E-state index in [9.17, 15) is 34.2 Å². The van der Waals surface area contributed by atoms with Crippen molar-refractivity contribution in [3.8, 4) is 5.75 Å². The number of esters is 1. The zero-order valence-corrected chi connectivity index (χ0v) is 45.9. The smallest absolute Gasteiger partial charge is 0.453 e. The Bertz CT molecular complexity index is 2380. The molecule has 1 heterocycles. The van der Waals surface area contributed by atoms with Crippen molar-refractivity contribution in [2.24, 2.45) is 34.5 Å². The summed E-state index contributed by atoms with van der Waals surface area (Å²) in [5.41, 5.74) is 0.570. The maximum atomic E-state index is 15.2. The van der Waals surface area contributed by atoms with Gasteiger partial charge in [0.25, 0.3) is 0 Å². The molecule has 414 valence electrons. The van der Waals surface area contributed by atoms with Gasteiger partial charge in [-0.25, -0.2) is 9.36 Å². The number of nitrogens with one attached hydrogen (secondary N) is 1. The average Bonchev–Trinajstić information content (AvgIpc) is 3.90. The molecule has 2 aromatic carbocycles. The minimum Gasteiger partial charge on any atom is -0.453 e. The topological polar surface area (TPSA) is 207 Å². The number of quaternary nitrogens is 1. The average molecular weight is 1060 g/mol. The molecule has 15 nitrogen and oxygen atoms in total. The fourth-order valence-corrected chi connectivity index (χ4v) is 14.9. The lowest BCUT2D eigenvalue weighted by atomic mass is 9.46. The summed E-state index contributed by atoms with van der Waals surface area (Å²) >= 11 is 0. The van der Waals surface area contributed by atoms with E-state index in [-0.39, 0.29) is 65.1 Å². The number of nitrogens with zero attached hydrogens (tertiary/aromatic N) is 1. The van der Waals surface area contributed by atoms with Gasteiger partial charge in [0.05, 0.1) is 31.4 Å². The van der Waals surface area contributed by atoms with Gasteiger partial charge in [0.15, 0.2) is 30.8 Å². The molecule has 1 saturated heterocycles. The van der Waals surface area contributed by atoms with E-state index in [0.29, 0.717) is 43.6 Å². The molecule has 8 rings (SSSR count). The fourth-order valence-electron chi connectivity index (χ4n) is 14.5. The number of Topliss-reactive ketones (excluding diaryl/α,β-unsaturated/α-hetero) is 1. The van der Waals surface area contributed by atoms with E-state index >= 15 is 4.79 Å². The summed E-state index contributed by atoms with van der Waals surface area (Å²) in [6.07, 6.45) is 17.2. The second kappa shape index (κ2) is 25.0. The summed E-state index contributed by atoms with van der Waals surface area (Å²) in [7, 11) is -4.99. The summed E-state index contributed by atoms with van der Waals surface area (Å²) in [5.74, 6) is -1.09. The monoisotopic (exact) mass is 1060 g/mol. The first-order valence-corrected chi connectivity index (χ1v) is 29.8. The number of allylic oxidation sites excluding steroid dienone is 4. The number of aryl methyl sites for hydroxylation is 1. The molecule has 5 N–H and O–H groups in total. The molecule has 16 heteroatoms. The summed E-state index contributed by atoms with van der Waals surface area (Å²) in [4.78, 5) is 61.6. The number of hydrogen-bond donors (Lipinski definition) is 5. The van der Waals surface area contributed by atoms with Crippen LogP contribution in [-0.4, -0.2) is 119 Å². The second-order valence-electron chi connectivity index (χ2n) is 23.2. The maximum absolute atomic E-state index is 15.2. The predicted molar refractivity (Wildman–Crippen MR) is 284 cm³/mol. The van der Waals surface area contributed by atoms with E-state index < -0.39 is 61.4 Å². The van der Waals surface area contributed by atoms with Gasteiger partial charge in [-0.2, -0.15) is 0 Å². The highest BCUT2D eigenvalue weighted by Gasteiger charge is 2.76. The molecule has 5 aliphatic carbocycles. The summed E-state index contributed by atoms with van der Waals surface area (Å²) in [5, 5.41) is 26.9. The maximum Gasteiger partial charge on any atom is 0.524 e. The van der Waals surface area contributed by atoms with E-state index in [4.69, 9.17) is 23.5 Å². The molecule has 0 radical (unpaired) electrons. The van der Waals surface area contributed by atoms with Crippen molar-refractivity contribution >= 4 is 25.4 Å². The molecule has 4 saturated carbocycles. The van der Waals surface area contributed by atoms with Crippen LogP contribution >= 0.6 is 7.82 Å². The van der Waals surface area contributed by atoms with Crippen molar-refractivity contribution < 1.29 is 66.9 Å². The summed E-state index contributed by atoms with van der Waals surface area (Å²) < 4.78 is 43.3. The van der Waals surface area contributed by atoms with Crippen molar-refractivity contribution in [2.75, 3.05) is 52.5 Å². The van der Waals surface area contributed by atoms with E-state index in [1.165, 1.54) is 11.6 Å². The van der Waals surface area contributed by atoms with Crippen LogP contribution in [0.2, 0.25) is 0 Å². The number of rotatable bonds is 27. The molecule has 1 aliphatic heterocycles. The van der Waals surface area contributed by atoms with E-state index in [1.54, 1.807) is 24.3 Å². The zero-order valence-electron chi connectivity index (χ0n) is 45.0. The number of benzene rings is 2. The molecule has 5 fully saturated rings. The molecule has 6 aliphatic rings. The van der Waals surface area contributed by atoms with Crippen molar-refractivity contribution in [1.82, 2.24) is 5.32 Å². The van der Waals surface area contributed by atoms with Crippen LogP contribution in [0.15, 0.2) is 72.3 Å². The van der Waals surface area contributed by atoms with Crippen molar-refractivity contribution in [3.05, 3.63) is 89.0 Å². The highest BCUT2D eigenvalue weighted by Crippen LogP contribution is 2.70. The molecule has 0 aromatic heterocycles. The molecular weight excluding hydrogens is 976 g/mol. The molecule has 0 bridgehead atoms. The van der Waals surface area contributed by atoms with Gasteiger partial charge in [0, 0.05) is 48.0 Å². The van der Waals surface area contributed by atoms with Crippen LogP contribution in [0.25, 0.3) is 0 Å². The number of aliphatic hydroxyl groups excluding tert-OH is 2. The van der Waals surface area contributed by atoms with Gasteiger partial charge in [0.1, 0.15) is 12.3 Å². The largest absolute Gasteiger partial charge is 0.524 e. The number of phosphoric ester groups is 1. The zero-order chi connectivity index (χ0) is 53.4. The molecule has 0 spiro atoms. The lowest BCUT2D eigenvalue weighted by Crippen LogP contribution is -2.64. The van der Waals surface area contributed by atoms with Crippen molar-refractivity contribution in [1.29, 1.82) is 0 Å². The number of ether oxygens (including phenoxy) is 4. The van der Waals surface area contributed by atoms with E-state index in [2.05, 4.69) is 43.4 Å². The SMILES string of the molecule is CC[N+](CC)(CC(=O)OCC(=O)[C@@]12O[C@H](C3CCCCC3)O[C@@H]1C[C@H]1[C@@H]3CCC4=CC(=O)C=C[C@]4(C)[C@H]3[C@@H](O)C[C@@]12C)Cc1cc([C@H](O)CNCCCCCCOCCCCc2ccccc2)ccc1OP(=O)(O)O. The number of unbranched alkanes of at least 4 members (excludes halogenated alkanes) is 4. The molecule has 0 amide bonds. The number of phosphoric acid groups is 1. The van der Waals surface area contributed by atoms with Crippen LogP contribution in [0.4, 0.5) is 0 Å². The van der Waals surface area contributed by atoms with Crippen molar-refractivity contribution in [3.63, 3.8) is 0 Å². The van der Waals surface area contributed by atoms with Gasteiger partial charge in [-0.3, -0.25) is 19.4 Å². The third-order valence-corrected chi connectivity index (χ3v) is 19.1. The van der Waals surface area contributed by atoms with Gasteiger partial charge in [-0.1, -0.05) is 94.0 Å². The second-order valence-corrected chi connectivity index (χ2v) is 24.4. The summed E-state index contributed by atoms with van der Waals surface area (Å²) in [6.45, 7) is 10.8. The number of carbonyl (C=O) groups excluding carboxylic acids is 3. The lowest BCUT2D eigenvalue weighted by Gasteiger charge is -2.59. The first kappa shape index (κ1) is 57.6. The van der Waals surface area contributed by atoms with Gasteiger partial charge >= 0.3 is 13.8 Å². The Labute approximate surface area is 445 Å². The molecular formula is C59H86N2O13P+. The minimum absolute atomic E-state index is 0.0294. The minimum atomic E-state index is -4.99. The first-order valence-electron chi connectivity index (χ1n) is 28.3. The quantitative estimate of drug-likeness (QED) is 0.0245. The van der Waals surface area contributed by atoms with Gasteiger partial charge in [0.2, 0.25) is 5.78 Å². The number of likely N-dealkylation sites (N-methyl/N-ethyl adjacent to an activating group) is 1.